The van der Waals surface area contributed by atoms with Crippen LogP contribution < -0.4 is 0 Å². The Labute approximate surface area is 90.0 Å². The maximum Gasteiger partial charge on any atom is 0.125 e. The van der Waals surface area contributed by atoms with Crippen LogP contribution >= 0.6 is 22.9 Å². The monoisotopic (exact) mass is 289 g/mol. The molecule has 0 radical (unpaired) electrons. The van der Waals surface area contributed by atoms with Gasteiger partial charge in [0.25, 0.3) is 0 Å². The van der Waals surface area contributed by atoms with Gasteiger partial charge < -0.3 is 0 Å². The predicted octanol–water partition coefficient (Wildman–Crippen LogP) is 3.60. The summed E-state index contributed by atoms with van der Waals surface area (Å²) in [5.74, 6) is -0.166. The van der Waals surface area contributed by atoms with E-state index in [1.54, 1.807) is 12.1 Å². The highest BCUT2D eigenvalue weighted by atomic mass is 127. The van der Waals surface area contributed by atoms with Gasteiger partial charge in [0.15, 0.2) is 0 Å². The Morgan fingerprint density at radius 3 is 2.62 bits per heavy atom. The van der Waals surface area contributed by atoms with Gasteiger partial charge in [-0.3, -0.25) is 2.78 Å². The average Bonchev–Trinajstić information content (AvgIpc) is 2.32. The SMILES string of the molecule is Cc1cc(F)cc2c1cc(C)n2I. The first kappa shape index (κ1) is 8.99. The number of aromatic nitrogens is 1. The molecule has 13 heavy (non-hydrogen) atoms. The van der Waals surface area contributed by atoms with E-state index < -0.39 is 0 Å². The minimum absolute atomic E-state index is 0.166. The van der Waals surface area contributed by atoms with Crippen LogP contribution in [0.5, 0.6) is 0 Å². The van der Waals surface area contributed by atoms with Gasteiger partial charge in [0, 0.05) is 11.1 Å². The van der Waals surface area contributed by atoms with Gasteiger partial charge in [0.2, 0.25) is 0 Å². The van der Waals surface area contributed by atoms with Crippen LogP contribution in [0.4, 0.5) is 4.39 Å². The van der Waals surface area contributed by atoms with Crippen LogP contribution in [0.15, 0.2) is 18.2 Å². The second-order valence-electron chi connectivity index (χ2n) is 3.22. The second-order valence-corrected chi connectivity index (χ2v) is 4.19. The maximum atomic E-state index is 13.1. The van der Waals surface area contributed by atoms with E-state index in [0.717, 1.165) is 22.2 Å². The van der Waals surface area contributed by atoms with Crippen molar-refractivity contribution in [2.75, 3.05) is 0 Å². The maximum absolute atomic E-state index is 13.1. The molecule has 1 nitrogen and oxygen atoms in total. The Balaban J connectivity index is 2.94. The third-order valence-electron chi connectivity index (χ3n) is 2.20. The molecule has 0 amide bonds. The molecule has 0 aliphatic heterocycles. The second kappa shape index (κ2) is 2.97. The molecule has 1 aromatic heterocycles. The molecule has 0 aliphatic rings. The summed E-state index contributed by atoms with van der Waals surface area (Å²) in [5, 5.41) is 1.13. The Bertz CT molecular complexity index is 473. The largest absolute Gasteiger partial charge is 0.287 e. The number of aryl methyl sites for hydroxylation is 2. The van der Waals surface area contributed by atoms with E-state index in [1.165, 1.54) is 0 Å². The van der Waals surface area contributed by atoms with Crippen LogP contribution in [0.2, 0.25) is 0 Å². The standard InChI is InChI=1S/C10H9FIN/c1-6-3-8(11)5-10-9(6)4-7(2)13(10)12/h3-5H,1-2H3. The summed E-state index contributed by atoms with van der Waals surface area (Å²) in [7, 11) is 0. The van der Waals surface area contributed by atoms with E-state index in [4.69, 9.17) is 0 Å². The van der Waals surface area contributed by atoms with Gasteiger partial charge in [0.05, 0.1) is 28.4 Å². The first-order chi connectivity index (χ1) is 6.09. The van der Waals surface area contributed by atoms with Crippen LogP contribution in [0, 0.1) is 19.7 Å². The van der Waals surface area contributed by atoms with Gasteiger partial charge >= 0.3 is 0 Å². The van der Waals surface area contributed by atoms with Gasteiger partial charge in [-0.25, -0.2) is 4.39 Å². The summed E-state index contributed by atoms with van der Waals surface area (Å²) in [4.78, 5) is 0. The molecule has 1 aromatic carbocycles. The summed E-state index contributed by atoms with van der Waals surface area (Å²) < 4.78 is 15.0. The van der Waals surface area contributed by atoms with E-state index >= 15 is 0 Å². The van der Waals surface area contributed by atoms with E-state index in [0.29, 0.717) is 0 Å². The molecule has 0 saturated carbocycles. The van der Waals surface area contributed by atoms with Crippen molar-refractivity contribution < 1.29 is 4.39 Å². The topological polar surface area (TPSA) is 4.93 Å². The van der Waals surface area contributed by atoms with Gasteiger partial charge in [-0.15, -0.1) is 0 Å². The summed E-state index contributed by atoms with van der Waals surface area (Å²) in [6.45, 7) is 3.95. The molecule has 1 heterocycles. The molecule has 0 unspecified atom stereocenters. The third-order valence-corrected chi connectivity index (χ3v) is 3.48. The molecule has 0 aliphatic carbocycles. The molecule has 2 aromatic rings. The Kier molecular flexibility index (Phi) is 2.06. The molecule has 0 bridgehead atoms. The normalized spacial score (nSPS) is 11.1. The van der Waals surface area contributed by atoms with Crippen molar-refractivity contribution in [3.05, 3.63) is 35.3 Å². The first-order valence-electron chi connectivity index (χ1n) is 4.04. The highest BCUT2D eigenvalue weighted by Gasteiger charge is 2.06. The van der Waals surface area contributed by atoms with Crippen molar-refractivity contribution in [1.29, 1.82) is 0 Å². The van der Waals surface area contributed by atoms with Crippen molar-refractivity contribution >= 4 is 33.8 Å². The molecule has 0 fully saturated rings. The molecule has 3 heteroatoms. The first-order valence-corrected chi connectivity index (χ1v) is 5.00. The van der Waals surface area contributed by atoms with E-state index in [1.807, 2.05) is 16.6 Å². The van der Waals surface area contributed by atoms with Crippen molar-refractivity contribution in [3.63, 3.8) is 0 Å². The van der Waals surface area contributed by atoms with Gasteiger partial charge in [-0.2, -0.15) is 0 Å². The molecule has 0 N–H and O–H groups in total. The zero-order valence-electron chi connectivity index (χ0n) is 7.44. The van der Waals surface area contributed by atoms with Crippen molar-refractivity contribution in [2.24, 2.45) is 0 Å². The Morgan fingerprint density at radius 2 is 1.92 bits per heavy atom. The minimum Gasteiger partial charge on any atom is -0.287 e. The lowest BCUT2D eigenvalue weighted by atomic mass is 10.1. The van der Waals surface area contributed by atoms with Crippen molar-refractivity contribution in [2.45, 2.75) is 13.8 Å². The summed E-state index contributed by atoms with van der Waals surface area (Å²) >= 11 is 2.18. The summed E-state index contributed by atoms with van der Waals surface area (Å²) in [5.41, 5.74) is 3.09. The highest BCUT2D eigenvalue weighted by molar-refractivity contribution is 14.1. The van der Waals surface area contributed by atoms with Crippen LogP contribution in [-0.2, 0) is 0 Å². The summed E-state index contributed by atoms with van der Waals surface area (Å²) in [6.07, 6.45) is 0. The molecule has 0 spiro atoms. The minimum atomic E-state index is -0.166. The lowest BCUT2D eigenvalue weighted by Crippen LogP contribution is -1.83. The highest BCUT2D eigenvalue weighted by Crippen LogP contribution is 2.25. The molecule has 0 saturated heterocycles. The van der Waals surface area contributed by atoms with Gasteiger partial charge in [0.1, 0.15) is 5.82 Å². The van der Waals surface area contributed by atoms with Crippen molar-refractivity contribution in [1.82, 2.24) is 2.78 Å². The molecular formula is C10H9FIN. The van der Waals surface area contributed by atoms with Crippen LogP contribution in [-0.4, -0.2) is 2.78 Å². The number of hydrogen-bond donors (Lipinski definition) is 0. The van der Waals surface area contributed by atoms with Crippen LogP contribution in [0.3, 0.4) is 0 Å². The van der Waals surface area contributed by atoms with E-state index in [2.05, 4.69) is 28.9 Å². The summed E-state index contributed by atoms with van der Waals surface area (Å²) in [6, 6.07) is 5.22. The fraction of sp³-hybridized carbons (Fsp3) is 0.200. The fourth-order valence-corrected chi connectivity index (χ4v) is 2.08. The average molecular weight is 289 g/mol. The number of benzene rings is 1. The molecule has 0 atom stereocenters. The third kappa shape index (κ3) is 1.35. The molecule has 2 rings (SSSR count). The lowest BCUT2D eigenvalue weighted by Gasteiger charge is -1.98. The number of fused-ring (bicyclic) bond motifs is 1. The quantitative estimate of drug-likeness (QED) is 0.653. The number of nitrogens with zero attached hydrogens (tertiary/aromatic N) is 1. The lowest BCUT2D eigenvalue weighted by molar-refractivity contribution is 0.628. The van der Waals surface area contributed by atoms with Crippen LogP contribution in [0.25, 0.3) is 10.9 Å². The molecule has 68 valence electrons. The van der Waals surface area contributed by atoms with Crippen LogP contribution in [0.1, 0.15) is 11.3 Å². The smallest absolute Gasteiger partial charge is 0.125 e. The fourth-order valence-electron chi connectivity index (χ4n) is 1.54. The zero-order chi connectivity index (χ0) is 9.59. The Hall–Kier alpha value is -0.580. The number of hydrogen-bond acceptors (Lipinski definition) is 0. The Morgan fingerprint density at radius 1 is 1.23 bits per heavy atom. The van der Waals surface area contributed by atoms with E-state index in [-0.39, 0.29) is 5.82 Å². The van der Waals surface area contributed by atoms with Crippen molar-refractivity contribution in [3.8, 4) is 0 Å². The number of halogens is 2. The zero-order valence-corrected chi connectivity index (χ0v) is 9.59. The molecular weight excluding hydrogens is 280 g/mol. The predicted molar refractivity (Wildman–Crippen MR) is 60.8 cm³/mol. The van der Waals surface area contributed by atoms with Gasteiger partial charge in [-0.05, 0) is 37.6 Å². The van der Waals surface area contributed by atoms with E-state index in [9.17, 15) is 4.39 Å². The number of rotatable bonds is 0. The van der Waals surface area contributed by atoms with Gasteiger partial charge in [-0.1, -0.05) is 0 Å².